The number of amides is 3. The van der Waals surface area contributed by atoms with E-state index in [9.17, 15) is 9.59 Å². The number of carbonyl (C=O) groups excluding carboxylic acids is 2. The van der Waals surface area contributed by atoms with Crippen LogP contribution >= 0.6 is 11.6 Å². The lowest BCUT2D eigenvalue weighted by atomic mass is 10.1. The van der Waals surface area contributed by atoms with Crippen molar-refractivity contribution < 1.29 is 9.59 Å². The van der Waals surface area contributed by atoms with Crippen LogP contribution in [-0.4, -0.2) is 16.5 Å². The Labute approximate surface area is 172 Å². The van der Waals surface area contributed by atoms with Gasteiger partial charge in [-0.1, -0.05) is 29.8 Å². The molecule has 0 atom stereocenters. The molecule has 4 N–H and O–H groups in total. The molecule has 4 aromatic rings. The van der Waals surface area contributed by atoms with Gasteiger partial charge in [-0.2, -0.15) is 0 Å². The smallest absolute Gasteiger partial charge is 0.323 e. The molecule has 6 nitrogen and oxygen atoms in total. The Morgan fingerprint density at radius 3 is 2.28 bits per heavy atom. The summed E-state index contributed by atoms with van der Waals surface area (Å²) in [5, 5.41) is 7.95. The summed E-state index contributed by atoms with van der Waals surface area (Å²) in [6.45, 7) is 2.97. The highest BCUT2D eigenvalue weighted by atomic mass is 35.5. The van der Waals surface area contributed by atoms with Crippen molar-refractivity contribution in [2.45, 2.75) is 13.5 Å². The molecule has 146 valence electrons. The van der Waals surface area contributed by atoms with Gasteiger partial charge in [0.1, 0.15) is 0 Å². The third-order valence-corrected chi connectivity index (χ3v) is 5.15. The summed E-state index contributed by atoms with van der Waals surface area (Å²) >= 11 is 6.03. The van der Waals surface area contributed by atoms with E-state index in [1.54, 1.807) is 6.07 Å². The van der Waals surface area contributed by atoms with Gasteiger partial charge in [0.05, 0.1) is 10.6 Å². The predicted molar refractivity (Wildman–Crippen MR) is 118 cm³/mol. The van der Waals surface area contributed by atoms with Crippen LogP contribution in [0.15, 0.2) is 60.7 Å². The molecule has 0 bridgehead atoms. The van der Waals surface area contributed by atoms with Crippen LogP contribution in [0.1, 0.15) is 17.3 Å². The van der Waals surface area contributed by atoms with Crippen molar-refractivity contribution >= 4 is 56.7 Å². The number of rotatable bonds is 4. The van der Waals surface area contributed by atoms with Crippen LogP contribution in [0.3, 0.4) is 0 Å². The molecule has 0 aliphatic rings. The molecule has 0 radical (unpaired) electrons. The molecule has 0 fully saturated rings. The Balaban J connectivity index is 1.59. The summed E-state index contributed by atoms with van der Waals surface area (Å²) in [4.78, 5) is 23.7. The van der Waals surface area contributed by atoms with Crippen molar-refractivity contribution in [3.05, 3.63) is 71.2 Å². The standard InChI is InChI=1S/C22H19ClN4O2/c1-2-27-19-6-4-3-5-15(19)17-11-13(8-10-20(17)27)25-22(29)26-14-7-9-16(21(24)28)18(23)12-14/h3-12H,2H2,1H3,(H2,24,28)(H2,25,26,29). The molecular weight excluding hydrogens is 388 g/mol. The van der Waals surface area contributed by atoms with Crippen molar-refractivity contribution in [1.29, 1.82) is 0 Å². The van der Waals surface area contributed by atoms with Crippen molar-refractivity contribution in [3.63, 3.8) is 0 Å². The highest BCUT2D eigenvalue weighted by Gasteiger charge is 2.12. The summed E-state index contributed by atoms with van der Waals surface area (Å²) in [7, 11) is 0. The first-order valence-electron chi connectivity index (χ1n) is 9.16. The summed E-state index contributed by atoms with van der Waals surface area (Å²) in [5.74, 6) is -0.620. The maximum atomic E-state index is 12.4. The number of para-hydroxylation sites is 1. The van der Waals surface area contributed by atoms with Crippen LogP contribution < -0.4 is 16.4 Å². The molecule has 29 heavy (non-hydrogen) atoms. The van der Waals surface area contributed by atoms with Crippen molar-refractivity contribution in [2.75, 3.05) is 10.6 Å². The van der Waals surface area contributed by atoms with Gasteiger partial charge in [-0.15, -0.1) is 0 Å². The number of aryl methyl sites for hydroxylation is 1. The summed E-state index contributed by atoms with van der Waals surface area (Å²) in [6, 6.07) is 18.2. The fraction of sp³-hybridized carbons (Fsp3) is 0.0909. The maximum absolute atomic E-state index is 12.4. The van der Waals surface area contributed by atoms with E-state index < -0.39 is 11.9 Å². The van der Waals surface area contributed by atoms with Crippen molar-refractivity contribution in [2.24, 2.45) is 5.73 Å². The quantitative estimate of drug-likeness (QED) is 0.434. The third kappa shape index (κ3) is 3.50. The van der Waals surface area contributed by atoms with Crippen molar-refractivity contribution in [3.8, 4) is 0 Å². The second kappa shape index (κ2) is 7.48. The Morgan fingerprint density at radius 2 is 1.59 bits per heavy atom. The van der Waals surface area contributed by atoms with Gasteiger partial charge in [0.15, 0.2) is 0 Å². The van der Waals surface area contributed by atoms with Gasteiger partial charge < -0.3 is 20.9 Å². The van der Waals surface area contributed by atoms with Gasteiger partial charge >= 0.3 is 6.03 Å². The van der Waals surface area contributed by atoms with Crippen LogP contribution in [0.5, 0.6) is 0 Å². The minimum Gasteiger partial charge on any atom is -0.366 e. The Kier molecular flexibility index (Phi) is 4.86. The first kappa shape index (κ1) is 18.8. The average molecular weight is 407 g/mol. The molecule has 3 aromatic carbocycles. The van der Waals surface area contributed by atoms with E-state index in [0.717, 1.165) is 28.4 Å². The minimum atomic E-state index is -0.620. The van der Waals surface area contributed by atoms with E-state index in [-0.39, 0.29) is 10.6 Å². The highest BCUT2D eigenvalue weighted by molar-refractivity contribution is 6.34. The van der Waals surface area contributed by atoms with Gasteiger partial charge in [-0.05, 0) is 49.4 Å². The number of fused-ring (bicyclic) bond motifs is 3. The van der Waals surface area contributed by atoms with E-state index >= 15 is 0 Å². The number of hydrogen-bond acceptors (Lipinski definition) is 2. The molecule has 0 aliphatic carbocycles. The monoisotopic (exact) mass is 406 g/mol. The van der Waals surface area contributed by atoms with E-state index in [1.807, 2.05) is 30.3 Å². The molecule has 0 saturated carbocycles. The molecule has 0 aliphatic heterocycles. The number of aromatic nitrogens is 1. The SMILES string of the molecule is CCn1c2ccccc2c2cc(NC(=O)Nc3ccc(C(N)=O)c(Cl)c3)ccc21. The summed E-state index contributed by atoms with van der Waals surface area (Å²) in [5.41, 5.74) is 8.86. The lowest BCUT2D eigenvalue weighted by molar-refractivity contribution is 0.100. The van der Waals surface area contributed by atoms with E-state index in [4.69, 9.17) is 17.3 Å². The number of benzene rings is 3. The number of anilines is 2. The number of nitrogens with zero attached hydrogens (tertiary/aromatic N) is 1. The minimum absolute atomic E-state index is 0.184. The van der Waals surface area contributed by atoms with Gasteiger partial charge in [-0.3, -0.25) is 4.79 Å². The number of halogens is 1. The second-order valence-electron chi connectivity index (χ2n) is 6.63. The van der Waals surface area contributed by atoms with Gasteiger partial charge in [0.2, 0.25) is 5.91 Å². The Bertz CT molecular complexity index is 1260. The molecule has 3 amide bonds. The Hall–Kier alpha value is -3.51. The molecule has 1 aromatic heterocycles. The zero-order valence-corrected chi connectivity index (χ0v) is 16.5. The second-order valence-corrected chi connectivity index (χ2v) is 7.04. The lowest BCUT2D eigenvalue weighted by Gasteiger charge is -2.09. The summed E-state index contributed by atoms with van der Waals surface area (Å²) < 4.78 is 2.25. The zero-order chi connectivity index (χ0) is 20.5. The van der Waals surface area contributed by atoms with Crippen LogP contribution in [-0.2, 0) is 6.54 Å². The van der Waals surface area contributed by atoms with Gasteiger partial charge in [0, 0.05) is 39.7 Å². The van der Waals surface area contributed by atoms with E-state index in [2.05, 4.69) is 34.3 Å². The number of carbonyl (C=O) groups is 2. The molecule has 1 heterocycles. The molecule has 0 spiro atoms. The zero-order valence-electron chi connectivity index (χ0n) is 15.7. The average Bonchev–Trinajstić information content (AvgIpc) is 3.00. The molecule has 4 rings (SSSR count). The first-order valence-corrected chi connectivity index (χ1v) is 9.54. The van der Waals surface area contributed by atoms with E-state index in [0.29, 0.717) is 11.4 Å². The van der Waals surface area contributed by atoms with Crippen LogP contribution in [0.4, 0.5) is 16.2 Å². The van der Waals surface area contributed by atoms with Crippen LogP contribution in [0.25, 0.3) is 21.8 Å². The molecule has 0 unspecified atom stereocenters. The Morgan fingerprint density at radius 1 is 0.931 bits per heavy atom. The molecule has 0 saturated heterocycles. The normalized spacial score (nSPS) is 11.0. The number of nitrogens with two attached hydrogens (primary N) is 1. The number of hydrogen-bond donors (Lipinski definition) is 3. The maximum Gasteiger partial charge on any atom is 0.323 e. The first-order chi connectivity index (χ1) is 14.0. The fourth-order valence-electron chi connectivity index (χ4n) is 3.56. The number of nitrogens with one attached hydrogen (secondary N) is 2. The molecule has 7 heteroatoms. The van der Waals surface area contributed by atoms with Crippen LogP contribution in [0.2, 0.25) is 5.02 Å². The topological polar surface area (TPSA) is 89.2 Å². The lowest BCUT2D eigenvalue weighted by Crippen LogP contribution is -2.19. The predicted octanol–water partition coefficient (Wildman–Crippen LogP) is 5.21. The van der Waals surface area contributed by atoms with Crippen LogP contribution in [0, 0.1) is 0 Å². The fourth-order valence-corrected chi connectivity index (χ4v) is 3.83. The van der Waals surface area contributed by atoms with Crippen molar-refractivity contribution in [1.82, 2.24) is 4.57 Å². The highest BCUT2D eigenvalue weighted by Crippen LogP contribution is 2.31. The largest absolute Gasteiger partial charge is 0.366 e. The van der Waals surface area contributed by atoms with Gasteiger partial charge in [0.25, 0.3) is 0 Å². The number of urea groups is 1. The summed E-state index contributed by atoms with van der Waals surface area (Å²) in [6.07, 6.45) is 0. The van der Waals surface area contributed by atoms with E-state index in [1.165, 1.54) is 12.1 Å². The number of primary amides is 1. The van der Waals surface area contributed by atoms with Gasteiger partial charge in [-0.25, -0.2) is 4.79 Å². The third-order valence-electron chi connectivity index (χ3n) is 4.84. The molecular formula is C22H19ClN4O2.